The van der Waals surface area contributed by atoms with E-state index >= 15 is 0 Å². The first-order valence-corrected chi connectivity index (χ1v) is 6.40. The number of carbonyl (C=O) groups excluding carboxylic acids is 1. The Bertz CT molecular complexity index is 671. The summed E-state index contributed by atoms with van der Waals surface area (Å²) in [6, 6.07) is 9.77. The fraction of sp³-hybridized carbons (Fsp3) is 0.133. The number of aromatic hydroxyl groups is 1. The Morgan fingerprint density at radius 1 is 1.25 bits per heavy atom. The first-order chi connectivity index (χ1) is 9.40. The molecule has 0 fully saturated rings. The number of nitrogens with zero attached hydrogens (tertiary/aromatic N) is 1. The zero-order valence-electron chi connectivity index (χ0n) is 11.2. The number of benzene rings is 2. The van der Waals surface area contributed by atoms with Crippen molar-refractivity contribution in [3.05, 3.63) is 52.5 Å². The molecule has 0 saturated heterocycles. The van der Waals surface area contributed by atoms with Gasteiger partial charge in [-0.25, -0.2) is 0 Å². The molecule has 1 amide bonds. The fourth-order valence-corrected chi connectivity index (χ4v) is 2.08. The van der Waals surface area contributed by atoms with Crippen molar-refractivity contribution in [3.8, 4) is 5.75 Å². The van der Waals surface area contributed by atoms with Gasteiger partial charge in [-0.1, -0.05) is 23.2 Å². The molecule has 0 aliphatic rings. The van der Waals surface area contributed by atoms with Gasteiger partial charge in [-0.15, -0.1) is 0 Å². The van der Waals surface area contributed by atoms with Crippen molar-refractivity contribution < 1.29 is 9.90 Å². The number of carbonyl (C=O) groups is 1. The van der Waals surface area contributed by atoms with Crippen LogP contribution in [0.2, 0.25) is 5.02 Å². The molecular formula is C15H15ClN2O2. The molecule has 3 N–H and O–H groups in total. The summed E-state index contributed by atoms with van der Waals surface area (Å²) in [5.74, 6) is -0.409. The van der Waals surface area contributed by atoms with Crippen LogP contribution in [0.25, 0.3) is 0 Å². The van der Waals surface area contributed by atoms with Crippen molar-refractivity contribution in [2.24, 2.45) is 0 Å². The van der Waals surface area contributed by atoms with E-state index in [1.165, 1.54) is 11.0 Å². The average Bonchev–Trinajstić information content (AvgIpc) is 2.42. The second-order valence-corrected chi connectivity index (χ2v) is 5.02. The van der Waals surface area contributed by atoms with E-state index < -0.39 is 0 Å². The van der Waals surface area contributed by atoms with Crippen molar-refractivity contribution >= 4 is 28.9 Å². The summed E-state index contributed by atoms with van der Waals surface area (Å²) >= 11 is 5.93. The number of nitrogen functional groups attached to an aromatic ring is 1. The Morgan fingerprint density at radius 2 is 1.95 bits per heavy atom. The van der Waals surface area contributed by atoms with E-state index in [-0.39, 0.29) is 17.2 Å². The molecule has 0 unspecified atom stereocenters. The molecule has 2 aromatic rings. The molecule has 0 atom stereocenters. The molecule has 0 radical (unpaired) electrons. The van der Waals surface area contributed by atoms with E-state index in [4.69, 9.17) is 17.3 Å². The number of hydrogen-bond acceptors (Lipinski definition) is 3. The topological polar surface area (TPSA) is 66.6 Å². The summed E-state index contributed by atoms with van der Waals surface area (Å²) in [5, 5.41) is 10.3. The zero-order chi connectivity index (χ0) is 14.9. The molecule has 20 heavy (non-hydrogen) atoms. The van der Waals surface area contributed by atoms with Gasteiger partial charge in [-0.3, -0.25) is 4.79 Å². The quantitative estimate of drug-likeness (QED) is 0.835. The van der Waals surface area contributed by atoms with Crippen LogP contribution in [0.5, 0.6) is 5.75 Å². The predicted molar refractivity (Wildman–Crippen MR) is 81.4 cm³/mol. The Labute approximate surface area is 122 Å². The van der Waals surface area contributed by atoms with E-state index in [1.54, 1.807) is 37.4 Å². The van der Waals surface area contributed by atoms with E-state index in [2.05, 4.69) is 0 Å². The van der Waals surface area contributed by atoms with Crippen molar-refractivity contribution in [2.45, 2.75) is 6.92 Å². The van der Waals surface area contributed by atoms with Crippen LogP contribution in [-0.4, -0.2) is 18.1 Å². The van der Waals surface area contributed by atoms with Crippen LogP contribution in [-0.2, 0) is 0 Å². The predicted octanol–water partition coefficient (Wildman–Crippen LogP) is 3.21. The lowest BCUT2D eigenvalue weighted by Crippen LogP contribution is -2.27. The second kappa shape index (κ2) is 5.43. The van der Waals surface area contributed by atoms with Gasteiger partial charge in [0, 0.05) is 12.1 Å². The number of amides is 1. The maximum absolute atomic E-state index is 12.4. The van der Waals surface area contributed by atoms with E-state index in [0.717, 1.165) is 5.56 Å². The summed E-state index contributed by atoms with van der Waals surface area (Å²) in [4.78, 5) is 13.8. The number of anilines is 2. The second-order valence-electron chi connectivity index (χ2n) is 4.59. The zero-order valence-corrected chi connectivity index (χ0v) is 12.0. The lowest BCUT2D eigenvalue weighted by molar-refractivity contribution is 0.0990. The number of aryl methyl sites for hydroxylation is 1. The number of halogens is 1. The van der Waals surface area contributed by atoms with Gasteiger partial charge in [0.2, 0.25) is 0 Å². The highest BCUT2D eigenvalue weighted by Crippen LogP contribution is 2.29. The minimum atomic E-state index is -0.347. The SMILES string of the molecule is Cc1ccc(O)c(C(=O)N(C)c2cc(Cl)ccc2N)c1. The summed E-state index contributed by atoms with van der Waals surface area (Å²) < 4.78 is 0. The minimum absolute atomic E-state index is 0.0620. The molecule has 0 aliphatic heterocycles. The molecule has 2 rings (SSSR count). The largest absolute Gasteiger partial charge is 0.507 e. The van der Waals surface area contributed by atoms with E-state index in [9.17, 15) is 9.90 Å². The number of hydrogen-bond donors (Lipinski definition) is 2. The van der Waals surface area contributed by atoms with Crippen LogP contribution in [0.4, 0.5) is 11.4 Å². The average molecular weight is 291 g/mol. The molecule has 0 bridgehead atoms. The highest BCUT2D eigenvalue weighted by atomic mass is 35.5. The third-order valence-electron chi connectivity index (χ3n) is 3.04. The Kier molecular flexibility index (Phi) is 3.86. The van der Waals surface area contributed by atoms with Gasteiger partial charge in [-0.2, -0.15) is 0 Å². The van der Waals surface area contributed by atoms with Crippen molar-refractivity contribution in [3.63, 3.8) is 0 Å². The van der Waals surface area contributed by atoms with Gasteiger partial charge in [0.25, 0.3) is 5.91 Å². The first kappa shape index (κ1) is 14.2. The van der Waals surface area contributed by atoms with E-state index in [1.807, 2.05) is 6.92 Å². The molecule has 0 saturated carbocycles. The standard InChI is InChI=1S/C15H15ClN2O2/c1-9-3-6-14(19)11(7-9)15(20)18(2)13-8-10(16)4-5-12(13)17/h3-8,19H,17H2,1-2H3. The molecule has 0 spiro atoms. The number of rotatable bonds is 2. The number of phenolic OH excluding ortho intramolecular Hbond substituents is 1. The maximum atomic E-state index is 12.4. The molecule has 5 heteroatoms. The lowest BCUT2D eigenvalue weighted by atomic mass is 10.1. The lowest BCUT2D eigenvalue weighted by Gasteiger charge is -2.20. The Morgan fingerprint density at radius 3 is 2.65 bits per heavy atom. The monoisotopic (exact) mass is 290 g/mol. The highest BCUT2D eigenvalue weighted by Gasteiger charge is 2.19. The van der Waals surface area contributed by atoms with Crippen LogP contribution < -0.4 is 10.6 Å². The molecular weight excluding hydrogens is 276 g/mol. The molecule has 0 aliphatic carbocycles. The summed E-state index contributed by atoms with van der Waals surface area (Å²) in [7, 11) is 1.59. The van der Waals surface area contributed by atoms with Gasteiger partial charge >= 0.3 is 0 Å². The Hall–Kier alpha value is -2.20. The molecule has 4 nitrogen and oxygen atoms in total. The van der Waals surface area contributed by atoms with Gasteiger partial charge in [0.05, 0.1) is 16.9 Å². The van der Waals surface area contributed by atoms with Crippen LogP contribution in [0, 0.1) is 6.92 Å². The van der Waals surface area contributed by atoms with Crippen LogP contribution in [0.3, 0.4) is 0 Å². The molecule has 0 aromatic heterocycles. The van der Waals surface area contributed by atoms with Gasteiger partial charge in [0.15, 0.2) is 0 Å². The third kappa shape index (κ3) is 2.70. The maximum Gasteiger partial charge on any atom is 0.261 e. The summed E-state index contributed by atoms with van der Waals surface area (Å²) in [5.41, 5.74) is 7.92. The fourth-order valence-electron chi connectivity index (χ4n) is 1.92. The Balaban J connectivity index is 2.42. The third-order valence-corrected chi connectivity index (χ3v) is 3.28. The summed E-state index contributed by atoms with van der Waals surface area (Å²) in [6.07, 6.45) is 0. The number of phenols is 1. The van der Waals surface area contributed by atoms with Gasteiger partial charge in [0.1, 0.15) is 5.75 Å². The first-order valence-electron chi connectivity index (χ1n) is 6.03. The summed E-state index contributed by atoms with van der Waals surface area (Å²) in [6.45, 7) is 1.85. The molecule has 104 valence electrons. The van der Waals surface area contributed by atoms with Crippen molar-refractivity contribution in [1.82, 2.24) is 0 Å². The van der Waals surface area contributed by atoms with Crippen LogP contribution in [0.15, 0.2) is 36.4 Å². The normalized spacial score (nSPS) is 10.3. The van der Waals surface area contributed by atoms with Crippen LogP contribution in [0.1, 0.15) is 15.9 Å². The highest BCUT2D eigenvalue weighted by molar-refractivity contribution is 6.31. The molecule has 0 heterocycles. The number of nitrogens with two attached hydrogens (primary N) is 1. The van der Waals surface area contributed by atoms with Gasteiger partial charge < -0.3 is 15.7 Å². The smallest absolute Gasteiger partial charge is 0.261 e. The van der Waals surface area contributed by atoms with E-state index in [0.29, 0.717) is 16.4 Å². The minimum Gasteiger partial charge on any atom is -0.507 e. The molecule has 2 aromatic carbocycles. The van der Waals surface area contributed by atoms with Crippen molar-refractivity contribution in [2.75, 3.05) is 17.7 Å². The van der Waals surface area contributed by atoms with Gasteiger partial charge in [-0.05, 0) is 37.3 Å². The van der Waals surface area contributed by atoms with Crippen molar-refractivity contribution in [1.29, 1.82) is 0 Å². The van der Waals surface area contributed by atoms with Crippen LogP contribution >= 0.6 is 11.6 Å².